The van der Waals surface area contributed by atoms with E-state index in [1.54, 1.807) is 6.33 Å². The van der Waals surface area contributed by atoms with Gasteiger partial charge < -0.3 is 9.88 Å². The van der Waals surface area contributed by atoms with Gasteiger partial charge in [0.2, 0.25) is 5.91 Å². The number of carbonyl (C=O) groups is 1. The molecule has 5 nitrogen and oxygen atoms in total. The quantitative estimate of drug-likeness (QED) is 0.859. The van der Waals surface area contributed by atoms with Gasteiger partial charge in [-0.1, -0.05) is 27.7 Å². The molecule has 20 heavy (non-hydrogen) atoms. The van der Waals surface area contributed by atoms with Gasteiger partial charge in [0, 0.05) is 26.1 Å². The highest BCUT2D eigenvalue weighted by atomic mass is 16.2. The van der Waals surface area contributed by atoms with E-state index in [2.05, 4.69) is 43.0 Å². The zero-order valence-corrected chi connectivity index (χ0v) is 12.9. The summed E-state index contributed by atoms with van der Waals surface area (Å²) >= 11 is 0. The lowest BCUT2D eigenvalue weighted by Gasteiger charge is -2.32. The molecule has 2 heterocycles. The van der Waals surface area contributed by atoms with Gasteiger partial charge in [-0.05, 0) is 11.8 Å². The van der Waals surface area contributed by atoms with E-state index in [0.29, 0.717) is 24.8 Å². The lowest BCUT2D eigenvalue weighted by Crippen LogP contribution is -2.51. The summed E-state index contributed by atoms with van der Waals surface area (Å²) in [4.78, 5) is 22.1. The number of rotatable bonds is 5. The molecule has 0 spiro atoms. The van der Waals surface area contributed by atoms with Gasteiger partial charge in [-0.2, -0.15) is 0 Å². The van der Waals surface area contributed by atoms with E-state index in [-0.39, 0.29) is 11.9 Å². The molecular weight excluding hydrogens is 252 g/mol. The molecule has 2 N–H and O–H groups in total. The fourth-order valence-corrected chi connectivity index (χ4v) is 2.70. The first-order chi connectivity index (χ1) is 9.47. The fraction of sp³-hybridized carbons (Fsp3) is 0.733. The van der Waals surface area contributed by atoms with Gasteiger partial charge in [0.25, 0.3) is 0 Å². The van der Waals surface area contributed by atoms with Crippen molar-refractivity contribution < 1.29 is 4.79 Å². The molecule has 0 aliphatic carbocycles. The number of amides is 1. The number of aromatic nitrogens is 2. The van der Waals surface area contributed by atoms with E-state index in [1.165, 1.54) is 0 Å². The second kappa shape index (κ2) is 6.39. The van der Waals surface area contributed by atoms with Crippen molar-refractivity contribution in [3.8, 4) is 0 Å². The molecule has 1 aliphatic rings. The third-order valence-electron chi connectivity index (χ3n) is 3.51. The molecule has 1 amide bonds. The van der Waals surface area contributed by atoms with Crippen molar-refractivity contribution in [2.45, 2.75) is 46.7 Å². The number of carbonyl (C=O) groups excluding carboxylic acids is 1. The first-order valence-corrected chi connectivity index (χ1v) is 7.50. The van der Waals surface area contributed by atoms with E-state index in [4.69, 9.17) is 0 Å². The largest absolute Gasteiger partial charge is 0.347 e. The Kier molecular flexibility index (Phi) is 4.81. The minimum absolute atomic E-state index is 0.136. The summed E-state index contributed by atoms with van der Waals surface area (Å²) in [7, 11) is 0. The van der Waals surface area contributed by atoms with Gasteiger partial charge in [-0.15, -0.1) is 0 Å². The Morgan fingerprint density at radius 3 is 2.60 bits per heavy atom. The Balaban J connectivity index is 2.04. The first kappa shape index (κ1) is 15.0. The molecule has 1 aromatic rings. The molecule has 0 radical (unpaired) electrons. The van der Waals surface area contributed by atoms with Crippen LogP contribution < -0.4 is 5.32 Å². The van der Waals surface area contributed by atoms with E-state index < -0.39 is 0 Å². The predicted octanol–water partition coefficient (Wildman–Crippen LogP) is 1.56. The van der Waals surface area contributed by atoms with Gasteiger partial charge in [0.1, 0.15) is 0 Å². The zero-order valence-electron chi connectivity index (χ0n) is 12.9. The Morgan fingerprint density at radius 1 is 1.35 bits per heavy atom. The number of hydrogen-bond acceptors (Lipinski definition) is 3. The maximum Gasteiger partial charge on any atom is 0.240 e. The summed E-state index contributed by atoms with van der Waals surface area (Å²) in [6, 6.07) is -0.136. The summed E-state index contributed by atoms with van der Waals surface area (Å²) < 4.78 is 0. The topological polar surface area (TPSA) is 61.0 Å². The summed E-state index contributed by atoms with van der Waals surface area (Å²) in [5.74, 6) is 1.19. The Hall–Kier alpha value is -1.36. The average molecular weight is 278 g/mol. The van der Waals surface area contributed by atoms with Crippen LogP contribution in [0.1, 0.15) is 39.1 Å². The van der Waals surface area contributed by atoms with Gasteiger partial charge in [0.15, 0.2) is 0 Å². The molecule has 0 bridgehead atoms. The van der Waals surface area contributed by atoms with Crippen molar-refractivity contribution in [2.75, 3.05) is 13.1 Å². The van der Waals surface area contributed by atoms with Crippen molar-refractivity contribution >= 4 is 5.91 Å². The molecule has 1 unspecified atom stereocenters. The molecule has 5 heteroatoms. The Bertz CT molecular complexity index is 442. The highest BCUT2D eigenvalue weighted by Gasteiger charge is 2.29. The van der Waals surface area contributed by atoms with E-state index >= 15 is 0 Å². The number of aromatic amines is 1. The normalized spacial score (nSPS) is 18.4. The summed E-state index contributed by atoms with van der Waals surface area (Å²) in [6.07, 6.45) is 2.39. The smallest absolute Gasteiger partial charge is 0.240 e. The molecule has 2 rings (SSSR count). The minimum atomic E-state index is -0.136. The number of H-pyrrole nitrogens is 1. The standard InChI is InChI=1S/C15H26N4O/c1-10(2)7-19(8-11(3)4)15(20)13-5-12-14(6-16-13)18-9-17-12/h9-11,13,16H,5-8H2,1-4H3,(H,17,18). The molecule has 1 atom stereocenters. The van der Waals surface area contributed by atoms with Gasteiger partial charge in [-0.3, -0.25) is 10.1 Å². The van der Waals surface area contributed by atoms with Crippen LogP contribution in [0.15, 0.2) is 6.33 Å². The Labute approximate surface area is 121 Å². The van der Waals surface area contributed by atoms with Crippen LogP contribution in [0.3, 0.4) is 0 Å². The van der Waals surface area contributed by atoms with Crippen molar-refractivity contribution in [3.63, 3.8) is 0 Å². The van der Waals surface area contributed by atoms with Crippen LogP contribution in [0.2, 0.25) is 0 Å². The monoisotopic (exact) mass is 278 g/mol. The number of imidazole rings is 1. The van der Waals surface area contributed by atoms with E-state index in [0.717, 1.165) is 24.5 Å². The average Bonchev–Trinajstić information content (AvgIpc) is 2.83. The highest BCUT2D eigenvalue weighted by Crippen LogP contribution is 2.15. The van der Waals surface area contributed by atoms with Crippen LogP contribution in [0.25, 0.3) is 0 Å². The fourth-order valence-electron chi connectivity index (χ4n) is 2.70. The van der Waals surface area contributed by atoms with E-state index in [1.807, 2.05) is 4.90 Å². The second-order valence-electron chi connectivity index (χ2n) is 6.50. The molecule has 1 aliphatic heterocycles. The molecule has 1 aromatic heterocycles. The van der Waals surface area contributed by atoms with Crippen molar-refractivity contribution in [1.82, 2.24) is 20.2 Å². The lowest BCUT2D eigenvalue weighted by atomic mass is 10.0. The maximum atomic E-state index is 12.7. The number of nitrogens with zero attached hydrogens (tertiary/aromatic N) is 2. The third kappa shape index (κ3) is 3.60. The second-order valence-corrected chi connectivity index (χ2v) is 6.50. The van der Waals surface area contributed by atoms with Crippen LogP contribution in [0.4, 0.5) is 0 Å². The van der Waals surface area contributed by atoms with Crippen molar-refractivity contribution in [2.24, 2.45) is 11.8 Å². The molecular formula is C15H26N4O. The molecule has 0 fully saturated rings. The van der Waals surface area contributed by atoms with E-state index in [9.17, 15) is 4.79 Å². The van der Waals surface area contributed by atoms with Crippen LogP contribution >= 0.6 is 0 Å². The van der Waals surface area contributed by atoms with Crippen LogP contribution in [-0.4, -0.2) is 39.9 Å². The van der Waals surface area contributed by atoms with Crippen LogP contribution in [-0.2, 0) is 17.8 Å². The molecule has 0 saturated carbocycles. The van der Waals surface area contributed by atoms with Gasteiger partial charge in [-0.25, -0.2) is 4.98 Å². The summed E-state index contributed by atoms with van der Waals surface area (Å²) in [5, 5.41) is 3.33. The SMILES string of the molecule is CC(C)CN(CC(C)C)C(=O)C1Cc2nc[nH]c2CN1. The first-order valence-electron chi connectivity index (χ1n) is 7.50. The van der Waals surface area contributed by atoms with Gasteiger partial charge in [0.05, 0.1) is 23.8 Å². The molecule has 112 valence electrons. The molecule has 0 saturated heterocycles. The third-order valence-corrected chi connectivity index (χ3v) is 3.51. The van der Waals surface area contributed by atoms with Crippen molar-refractivity contribution in [3.05, 3.63) is 17.7 Å². The lowest BCUT2D eigenvalue weighted by molar-refractivity contribution is -0.134. The van der Waals surface area contributed by atoms with Crippen LogP contribution in [0.5, 0.6) is 0 Å². The molecule has 0 aromatic carbocycles. The highest BCUT2D eigenvalue weighted by molar-refractivity contribution is 5.82. The van der Waals surface area contributed by atoms with Crippen LogP contribution in [0, 0.1) is 11.8 Å². The predicted molar refractivity (Wildman–Crippen MR) is 79.2 cm³/mol. The number of nitrogens with one attached hydrogen (secondary N) is 2. The number of hydrogen-bond donors (Lipinski definition) is 2. The Morgan fingerprint density at radius 2 is 2.00 bits per heavy atom. The summed E-state index contributed by atoms with van der Waals surface area (Å²) in [5.41, 5.74) is 2.13. The number of fused-ring (bicyclic) bond motifs is 1. The maximum absolute atomic E-state index is 12.7. The van der Waals surface area contributed by atoms with Gasteiger partial charge >= 0.3 is 0 Å². The zero-order chi connectivity index (χ0) is 14.7. The minimum Gasteiger partial charge on any atom is -0.347 e. The summed E-state index contributed by atoms with van der Waals surface area (Å²) in [6.45, 7) is 11.0. The van der Waals surface area contributed by atoms with Crippen molar-refractivity contribution in [1.29, 1.82) is 0 Å².